The summed E-state index contributed by atoms with van der Waals surface area (Å²) >= 11 is 0. The molecule has 0 bridgehead atoms. The van der Waals surface area contributed by atoms with Gasteiger partial charge in [-0.15, -0.1) is 0 Å². The molecule has 0 N–H and O–H groups in total. The van der Waals surface area contributed by atoms with Gasteiger partial charge in [-0.3, -0.25) is 0 Å². The molecule has 3 heteroatoms. The predicted octanol–water partition coefficient (Wildman–Crippen LogP) is 4.54. The van der Waals surface area contributed by atoms with Gasteiger partial charge in [0.25, 0.3) is 0 Å². The number of ether oxygens (including phenoxy) is 2. The minimum absolute atomic E-state index is 0.352. The number of hydrogen-bond acceptors (Lipinski definition) is 3. The normalized spacial score (nSPS) is 12.4. The van der Waals surface area contributed by atoms with Gasteiger partial charge < -0.3 is 9.47 Å². The van der Waals surface area contributed by atoms with Crippen LogP contribution in [0.25, 0.3) is 0 Å². The quantitative estimate of drug-likeness (QED) is 0.508. The van der Waals surface area contributed by atoms with Crippen molar-refractivity contribution in [2.75, 3.05) is 6.61 Å². The van der Waals surface area contributed by atoms with Gasteiger partial charge in [-0.2, -0.15) is 0 Å². The summed E-state index contributed by atoms with van der Waals surface area (Å²) in [4.78, 5) is 11.3. The molecule has 0 atom stereocenters. The van der Waals surface area contributed by atoms with Crippen molar-refractivity contribution in [3.63, 3.8) is 0 Å². The lowest BCUT2D eigenvalue weighted by Gasteiger charge is -2.22. The Bertz CT molecular complexity index is 226. The zero-order valence-electron chi connectivity index (χ0n) is 12.3. The van der Waals surface area contributed by atoms with Gasteiger partial charge in [-0.25, -0.2) is 4.79 Å². The molecule has 17 heavy (non-hydrogen) atoms. The van der Waals surface area contributed by atoms with E-state index in [0.717, 1.165) is 25.7 Å². The first-order valence-electron chi connectivity index (χ1n) is 6.52. The van der Waals surface area contributed by atoms with E-state index in [9.17, 15) is 4.79 Å². The fourth-order valence-electron chi connectivity index (χ4n) is 1.24. The van der Waals surface area contributed by atoms with Crippen molar-refractivity contribution >= 4 is 6.16 Å². The third kappa shape index (κ3) is 10.2. The van der Waals surface area contributed by atoms with Crippen LogP contribution in [0.15, 0.2) is 0 Å². The zero-order chi connectivity index (χ0) is 13.5. The maximum absolute atomic E-state index is 11.3. The Hall–Kier alpha value is -0.730. The van der Waals surface area contributed by atoms with E-state index in [1.165, 1.54) is 0 Å². The number of carbonyl (C=O) groups is 1. The van der Waals surface area contributed by atoms with Gasteiger partial charge in [0, 0.05) is 0 Å². The van der Waals surface area contributed by atoms with Gasteiger partial charge >= 0.3 is 6.16 Å². The van der Waals surface area contributed by atoms with Crippen LogP contribution in [0.2, 0.25) is 0 Å². The number of rotatable bonds is 6. The first-order chi connectivity index (χ1) is 7.66. The summed E-state index contributed by atoms with van der Waals surface area (Å²) < 4.78 is 10.2. The van der Waals surface area contributed by atoms with E-state index < -0.39 is 11.8 Å². The lowest BCUT2D eigenvalue weighted by atomic mass is 9.90. The highest BCUT2D eigenvalue weighted by molar-refractivity contribution is 5.60. The molecule has 0 aromatic heterocycles. The van der Waals surface area contributed by atoms with Gasteiger partial charge in [-0.05, 0) is 44.9 Å². The fraction of sp³-hybridized carbons (Fsp3) is 0.929. The molecule has 0 aliphatic rings. The van der Waals surface area contributed by atoms with E-state index in [-0.39, 0.29) is 0 Å². The second kappa shape index (κ2) is 6.87. The molecule has 0 fully saturated rings. The van der Waals surface area contributed by atoms with Gasteiger partial charge in [0.05, 0.1) is 6.61 Å². The van der Waals surface area contributed by atoms with Gasteiger partial charge in [0.2, 0.25) is 0 Å². The van der Waals surface area contributed by atoms with E-state index >= 15 is 0 Å². The predicted molar refractivity (Wildman–Crippen MR) is 70.1 cm³/mol. The maximum Gasteiger partial charge on any atom is 0.508 e. The summed E-state index contributed by atoms with van der Waals surface area (Å²) in [6.07, 6.45) is 3.36. The van der Waals surface area contributed by atoms with E-state index in [1.807, 2.05) is 20.8 Å². The molecule has 0 aromatic carbocycles. The second-order valence-corrected chi connectivity index (χ2v) is 6.33. The highest BCUT2D eigenvalue weighted by Crippen LogP contribution is 2.21. The fourth-order valence-corrected chi connectivity index (χ4v) is 1.24. The van der Waals surface area contributed by atoms with E-state index in [4.69, 9.17) is 9.47 Å². The summed E-state index contributed by atoms with van der Waals surface area (Å²) in [7, 11) is 0. The minimum Gasteiger partial charge on any atom is -0.434 e. The van der Waals surface area contributed by atoms with Crippen LogP contribution in [0.1, 0.15) is 67.2 Å². The van der Waals surface area contributed by atoms with Gasteiger partial charge in [0.1, 0.15) is 5.60 Å². The first kappa shape index (κ1) is 16.3. The Morgan fingerprint density at radius 3 is 2.12 bits per heavy atom. The molecule has 0 aliphatic carbocycles. The smallest absolute Gasteiger partial charge is 0.434 e. The Kier molecular flexibility index (Phi) is 6.58. The van der Waals surface area contributed by atoms with Crippen LogP contribution in [0.5, 0.6) is 0 Å². The van der Waals surface area contributed by atoms with Crippen molar-refractivity contribution in [3.8, 4) is 0 Å². The monoisotopic (exact) mass is 244 g/mol. The van der Waals surface area contributed by atoms with Crippen LogP contribution in [-0.2, 0) is 9.47 Å². The Morgan fingerprint density at radius 2 is 1.65 bits per heavy atom. The van der Waals surface area contributed by atoms with Crippen LogP contribution in [0, 0.1) is 5.41 Å². The van der Waals surface area contributed by atoms with Crippen molar-refractivity contribution < 1.29 is 14.3 Å². The van der Waals surface area contributed by atoms with Crippen LogP contribution in [0.3, 0.4) is 0 Å². The van der Waals surface area contributed by atoms with Crippen molar-refractivity contribution in [1.29, 1.82) is 0 Å². The molecular formula is C14H28O3. The summed E-state index contributed by atoms with van der Waals surface area (Å²) in [5.74, 6) is 0. The summed E-state index contributed by atoms with van der Waals surface area (Å²) in [6.45, 7) is 12.8. The van der Waals surface area contributed by atoms with Crippen molar-refractivity contribution in [1.82, 2.24) is 0 Å². The molecule has 0 spiro atoms. The van der Waals surface area contributed by atoms with Gasteiger partial charge in [0.15, 0.2) is 0 Å². The molecule has 0 saturated carbocycles. The molecule has 0 radical (unpaired) electrons. The van der Waals surface area contributed by atoms with Crippen LogP contribution < -0.4 is 0 Å². The van der Waals surface area contributed by atoms with Crippen LogP contribution >= 0.6 is 0 Å². The van der Waals surface area contributed by atoms with Crippen molar-refractivity contribution in [2.24, 2.45) is 5.41 Å². The summed E-state index contributed by atoms with van der Waals surface area (Å²) in [5, 5.41) is 0. The molecule has 0 amide bonds. The third-order valence-electron chi connectivity index (χ3n) is 2.75. The Morgan fingerprint density at radius 1 is 1.06 bits per heavy atom. The first-order valence-corrected chi connectivity index (χ1v) is 6.52. The lowest BCUT2D eigenvalue weighted by Crippen LogP contribution is -2.27. The topological polar surface area (TPSA) is 35.5 Å². The Balaban J connectivity index is 3.59. The van der Waals surface area contributed by atoms with Crippen LogP contribution in [-0.4, -0.2) is 18.4 Å². The number of hydrogen-bond donors (Lipinski definition) is 0. The highest BCUT2D eigenvalue weighted by atomic mass is 16.7. The van der Waals surface area contributed by atoms with E-state index in [1.54, 1.807) is 0 Å². The van der Waals surface area contributed by atoms with Crippen molar-refractivity contribution in [2.45, 2.75) is 72.8 Å². The molecule has 0 aliphatic heterocycles. The van der Waals surface area contributed by atoms with Gasteiger partial charge in [-0.1, -0.05) is 27.7 Å². The SMILES string of the molecule is CCC(C)(C)OC(=O)OCCCCC(C)(C)C. The lowest BCUT2D eigenvalue weighted by molar-refractivity contribution is -0.0186. The Labute approximate surface area is 106 Å². The van der Waals surface area contributed by atoms with Crippen LogP contribution in [0.4, 0.5) is 4.79 Å². The van der Waals surface area contributed by atoms with E-state index in [2.05, 4.69) is 20.8 Å². The largest absolute Gasteiger partial charge is 0.508 e. The average molecular weight is 244 g/mol. The molecule has 0 heterocycles. The molecular weight excluding hydrogens is 216 g/mol. The average Bonchev–Trinajstić information content (AvgIpc) is 2.14. The summed E-state index contributed by atoms with van der Waals surface area (Å²) in [5.41, 5.74) is -0.0762. The summed E-state index contributed by atoms with van der Waals surface area (Å²) in [6, 6.07) is 0. The molecule has 3 nitrogen and oxygen atoms in total. The third-order valence-corrected chi connectivity index (χ3v) is 2.75. The maximum atomic E-state index is 11.3. The number of unbranched alkanes of at least 4 members (excludes halogenated alkanes) is 1. The molecule has 0 unspecified atom stereocenters. The molecule has 0 saturated heterocycles. The number of carbonyl (C=O) groups excluding carboxylic acids is 1. The second-order valence-electron chi connectivity index (χ2n) is 6.33. The standard InChI is InChI=1S/C14H28O3/c1-7-14(5,6)17-12(15)16-11-9-8-10-13(2,3)4/h7-11H2,1-6H3. The molecule has 102 valence electrons. The minimum atomic E-state index is -0.549. The molecule has 0 rings (SSSR count). The zero-order valence-corrected chi connectivity index (χ0v) is 12.3. The van der Waals surface area contributed by atoms with Crippen molar-refractivity contribution in [3.05, 3.63) is 0 Å². The highest BCUT2D eigenvalue weighted by Gasteiger charge is 2.21. The molecule has 0 aromatic rings. The van der Waals surface area contributed by atoms with E-state index in [0.29, 0.717) is 12.0 Å².